The Bertz CT molecular complexity index is 494. The molecule has 2 N–H and O–H groups in total. The topological polar surface area (TPSA) is 49.3 Å². The van der Waals surface area contributed by atoms with E-state index in [9.17, 15) is 9.18 Å². The fourth-order valence-electron chi connectivity index (χ4n) is 1.38. The highest BCUT2D eigenvalue weighted by atomic mass is 32.2. The number of nitrogens with one attached hydrogen (secondary N) is 1. The van der Waals surface area contributed by atoms with E-state index in [0.717, 1.165) is 0 Å². The van der Waals surface area contributed by atoms with E-state index in [-0.39, 0.29) is 24.9 Å². The van der Waals surface area contributed by atoms with Gasteiger partial charge in [-0.2, -0.15) is 11.8 Å². The second-order valence-electron chi connectivity index (χ2n) is 3.79. The Morgan fingerprint density at radius 3 is 3.00 bits per heavy atom. The van der Waals surface area contributed by atoms with Crippen LogP contribution in [0.4, 0.5) is 4.39 Å². The number of aliphatic hydroxyl groups excluding tert-OH is 1. The number of hydrogen-bond donors (Lipinski definition) is 2. The molecule has 3 nitrogen and oxygen atoms in total. The zero-order valence-electron chi connectivity index (χ0n) is 10.7. The molecule has 0 saturated heterocycles. The van der Waals surface area contributed by atoms with E-state index in [1.807, 2.05) is 6.26 Å². The lowest BCUT2D eigenvalue weighted by Gasteiger charge is -2.06. The number of benzene rings is 1. The molecule has 0 aliphatic carbocycles. The molecule has 1 amide bonds. The molecule has 1 aromatic carbocycles. The summed E-state index contributed by atoms with van der Waals surface area (Å²) in [7, 11) is 0. The van der Waals surface area contributed by atoms with Gasteiger partial charge in [0.2, 0.25) is 5.91 Å². The number of carbonyl (C=O) groups excluding carboxylic acids is 1. The molecular weight excluding hydrogens is 265 g/mol. The zero-order chi connectivity index (χ0) is 14.1. The summed E-state index contributed by atoms with van der Waals surface area (Å²) in [5.74, 6) is 5.48. The summed E-state index contributed by atoms with van der Waals surface area (Å²) in [5.41, 5.74) is 1.08. The minimum atomic E-state index is -0.364. The molecule has 0 radical (unpaired) electrons. The molecule has 0 atom stereocenters. The maximum atomic E-state index is 13.5. The first-order valence-electron chi connectivity index (χ1n) is 5.81. The summed E-state index contributed by atoms with van der Waals surface area (Å²) >= 11 is 1.41. The highest BCUT2D eigenvalue weighted by Crippen LogP contribution is 2.10. The molecule has 0 heterocycles. The third kappa shape index (κ3) is 5.77. The van der Waals surface area contributed by atoms with Gasteiger partial charge in [0.1, 0.15) is 5.82 Å². The molecule has 0 aromatic heterocycles. The summed E-state index contributed by atoms with van der Waals surface area (Å²) in [5, 5.41) is 11.3. The second kappa shape index (κ2) is 8.57. The van der Waals surface area contributed by atoms with E-state index in [4.69, 9.17) is 5.11 Å². The predicted molar refractivity (Wildman–Crippen MR) is 75.2 cm³/mol. The largest absolute Gasteiger partial charge is 0.395 e. The SMILES string of the molecule is CSCC(=O)NCc1cc(C#CCCO)ccc1F. The lowest BCUT2D eigenvalue weighted by Crippen LogP contribution is -2.24. The quantitative estimate of drug-likeness (QED) is 0.805. The number of rotatable bonds is 5. The zero-order valence-corrected chi connectivity index (χ0v) is 11.5. The summed E-state index contributed by atoms with van der Waals surface area (Å²) < 4.78 is 13.5. The van der Waals surface area contributed by atoms with Crippen LogP contribution in [0.3, 0.4) is 0 Å². The molecule has 0 saturated carbocycles. The molecule has 0 aliphatic heterocycles. The van der Waals surface area contributed by atoms with Crippen molar-refractivity contribution in [3.05, 3.63) is 35.1 Å². The van der Waals surface area contributed by atoms with Crippen molar-refractivity contribution in [1.29, 1.82) is 0 Å². The number of amides is 1. The Balaban J connectivity index is 2.70. The van der Waals surface area contributed by atoms with Gasteiger partial charge in [-0.1, -0.05) is 11.8 Å². The Labute approximate surface area is 116 Å². The molecule has 0 aliphatic rings. The average Bonchev–Trinajstić information content (AvgIpc) is 2.40. The number of carbonyl (C=O) groups is 1. The van der Waals surface area contributed by atoms with Crippen molar-refractivity contribution in [3.8, 4) is 11.8 Å². The molecule has 0 bridgehead atoms. The van der Waals surface area contributed by atoms with Gasteiger partial charge in [-0.15, -0.1) is 0 Å². The highest BCUT2D eigenvalue weighted by molar-refractivity contribution is 7.99. The molecule has 0 fully saturated rings. The van der Waals surface area contributed by atoms with Crippen molar-refractivity contribution in [2.75, 3.05) is 18.6 Å². The lowest BCUT2D eigenvalue weighted by atomic mass is 10.1. The minimum absolute atomic E-state index is 0.00575. The molecule has 5 heteroatoms. The first kappa shape index (κ1) is 15.5. The summed E-state index contributed by atoms with van der Waals surface area (Å²) in [6.45, 7) is 0.159. The predicted octanol–water partition coefficient (Wildman–Crippen LogP) is 1.54. The van der Waals surface area contributed by atoms with Gasteiger partial charge in [0.15, 0.2) is 0 Å². The van der Waals surface area contributed by atoms with Gasteiger partial charge in [0, 0.05) is 24.1 Å². The van der Waals surface area contributed by atoms with Gasteiger partial charge in [0.25, 0.3) is 0 Å². The van der Waals surface area contributed by atoms with Gasteiger partial charge in [-0.05, 0) is 24.5 Å². The third-order valence-electron chi connectivity index (χ3n) is 2.27. The van der Waals surface area contributed by atoms with Crippen LogP contribution in [0.1, 0.15) is 17.5 Å². The molecule has 0 unspecified atom stereocenters. The maximum Gasteiger partial charge on any atom is 0.230 e. The Morgan fingerprint density at radius 1 is 1.53 bits per heavy atom. The van der Waals surface area contributed by atoms with Gasteiger partial charge in [-0.25, -0.2) is 4.39 Å². The minimum Gasteiger partial charge on any atom is -0.395 e. The lowest BCUT2D eigenvalue weighted by molar-refractivity contribution is -0.118. The van der Waals surface area contributed by atoms with E-state index in [2.05, 4.69) is 17.2 Å². The van der Waals surface area contributed by atoms with Gasteiger partial charge in [0.05, 0.1) is 12.4 Å². The average molecular weight is 281 g/mol. The maximum absolute atomic E-state index is 13.5. The van der Waals surface area contributed by atoms with Crippen LogP contribution < -0.4 is 5.32 Å². The smallest absolute Gasteiger partial charge is 0.230 e. The van der Waals surface area contributed by atoms with Crippen molar-refractivity contribution < 1.29 is 14.3 Å². The van der Waals surface area contributed by atoms with Crippen molar-refractivity contribution in [2.45, 2.75) is 13.0 Å². The number of hydrogen-bond acceptors (Lipinski definition) is 3. The van der Waals surface area contributed by atoms with E-state index >= 15 is 0 Å². The van der Waals surface area contributed by atoms with E-state index in [0.29, 0.717) is 23.3 Å². The highest BCUT2D eigenvalue weighted by Gasteiger charge is 2.05. The van der Waals surface area contributed by atoms with Crippen LogP contribution in [0.25, 0.3) is 0 Å². The van der Waals surface area contributed by atoms with Gasteiger partial charge >= 0.3 is 0 Å². The van der Waals surface area contributed by atoms with E-state index < -0.39 is 0 Å². The molecule has 19 heavy (non-hydrogen) atoms. The van der Waals surface area contributed by atoms with Crippen LogP contribution in [0.2, 0.25) is 0 Å². The fourth-order valence-corrected chi connectivity index (χ4v) is 1.75. The molecular formula is C14H16FNO2S. The van der Waals surface area contributed by atoms with Crippen LogP contribution in [0, 0.1) is 17.7 Å². The first-order valence-corrected chi connectivity index (χ1v) is 7.20. The molecule has 1 rings (SSSR count). The van der Waals surface area contributed by atoms with Crippen molar-refractivity contribution in [2.24, 2.45) is 0 Å². The first-order chi connectivity index (χ1) is 9.17. The van der Waals surface area contributed by atoms with Crippen molar-refractivity contribution >= 4 is 17.7 Å². The monoisotopic (exact) mass is 281 g/mol. The van der Waals surface area contributed by atoms with Gasteiger partial charge in [-0.3, -0.25) is 4.79 Å². The fraction of sp³-hybridized carbons (Fsp3) is 0.357. The Kier molecular flexibility index (Phi) is 7.01. The third-order valence-corrected chi connectivity index (χ3v) is 2.82. The van der Waals surface area contributed by atoms with Crippen LogP contribution in [-0.4, -0.2) is 29.6 Å². The van der Waals surface area contributed by atoms with Gasteiger partial charge < -0.3 is 10.4 Å². The van der Waals surface area contributed by atoms with Crippen LogP contribution in [-0.2, 0) is 11.3 Å². The van der Waals surface area contributed by atoms with E-state index in [1.165, 1.54) is 17.8 Å². The summed E-state index contributed by atoms with van der Waals surface area (Å²) in [6.07, 6.45) is 2.22. The normalized spacial score (nSPS) is 9.63. The van der Waals surface area contributed by atoms with Crippen molar-refractivity contribution in [1.82, 2.24) is 5.32 Å². The summed E-state index contributed by atoms with van der Waals surface area (Å²) in [4.78, 5) is 11.3. The summed E-state index contributed by atoms with van der Waals surface area (Å²) in [6, 6.07) is 4.52. The molecule has 102 valence electrons. The molecule has 0 spiro atoms. The number of thioether (sulfide) groups is 1. The Hall–Kier alpha value is -1.51. The van der Waals surface area contributed by atoms with E-state index in [1.54, 1.807) is 12.1 Å². The molecule has 1 aromatic rings. The second-order valence-corrected chi connectivity index (χ2v) is 4.66. The number of aliphatic hydroxyl groups is 1. The van der Waals surface area contributed by atoms with Crippen LogP contribution >= 0.6 is 11.8 Å². The van der Waals surface area contributed by atoms with Crippen LogP contribution in [0.5, 0.6) is 0 Å². The Morgan fingerprint density at radius 2 is 2.32 bits per heavy atom. The standard InChI is InChI=1S/C14H16FNO2S/c1-19-10-14(18)16-9-12-8-11(4-2-3-7-17)5-6-13(12)15/h5-6,8,17H,3,7,9-10H2,1H3,(H,16,18). The van der Waals surface area contributed by atoms with Crippen molar-refractivity contribution in [3.63, 3.8) is 0 Å². The van der Waals surface area contributed by atoms with Crippen LogP contribution in [0.15, 0.2) is 18.2 Å². The number of halogens is 1.